The first-order valence-electron chi connectivity index (χ1n) is 9.93. The first-order valence-corrected chi connectivity index (χ1v) is 11.8. The fourth-order valence-electron chi connectivity index (χ4n) is 3.43. The number of hydrogen-bond acceptors (Lipinski definition) is 10. The van der Waals surface area contributed by atoms with Gasteiger partial charge in [0, 0.05) is 25.8 Å². The zero-order valence-electron chi connectivity index (χ0n) is 18.0. The number of rotatable bonds is 8. The monoisotopic (exact) mass is 496 g/mol. The van der Waals surface area contributed by atoms with Crippen LogP contribution in [0.4, 0.5) is 0 Å². The van der Waals surface area contributed by atoms with Crippen molar-refractivity contribution in [1.82, 2.24) is 9.55 Å². The molecule has 0 spiro atoms. The SMILES string of the molecule is CO[C@H](CCO[P@]1(=O)OC[C@H]2O[C@@H](n3ccc(=O)[nH]c3=O)[C@](C)(Cl)[C@@H]2O1)C(=O)OC(C)C. The predicted molar refractivity (Wildman–Crippen MR) is 111 cm³/mol. The van der Waals surface area contributed by atoms with E-state index in [0.717, 1.165) is 10.6 Å². The maximum absolute atomic E-state index is 13.0. The molecular weight excluding hydrogens is 471 g/mol. The Morgan fingerprint density at radius 1 is 1.44 bits per heavy atom. The van der Waals surface area contributed by atoms with Gasteiger partial charge in [-0.2, -0.15) is 0 Å². The van der Waals surface area contributed by atoms with E-state index in [9.17, 15) is 18.9 Å². The first-order chi connectivity index (χ1) is 15.0. The molecule has 2 aliphatic heterocycles. The molecule has 0 amide bonds. The third kappa shape index (κ3) is 5.33. The Balaban J connectivity index is 1.66. The van der Waals surface area contributed by atoms with Crippen LogP contribution in [0.25, 0.3) is 0 Å². The molecule has 180 valence electrons. The fourth-order valence-corrected chi connectivity index (χ4v) is 5.33. The van der Waals surface area contributed by atoms with Gasteiger partial charge in [0.25, 0.3) is 5.56 Å². The molecule has 1 aromatic rings. The number of ether oxygens (including phenoxy) is 3. The van der Waals surface area contributed by atoms with Crippen LogP contribution in [0.3, 0.4) is 0 Å². The summed E-state index contributed by atoms with van der Waals surface area (Å²) >= 11 is 6.66. The Morgan fingerprint density at radius 2 is 2.16 bits per heavy atom. The van der Waals surface area contributed by atoms with Crippen LogP contribution < -0.4 is 11.2 Å². The van der Waals surface area contributed by atoms with E-state index in [1.54, 1.807) is 20.8 Å². The van der Waals surface area contributed by atoms with Crippen molar-refractivity contribution in [3.8, 4) is 0 Å². The maximum Gasteiger partial charge on any atom is 0.475 e. The largest absolute Gasteiger partial charge is 0.475 e. The van der Waals surface area contributed by atoms with Crippen molar-refractivity contribution >= 4 is 25.4 Å². The molecule has 0 aromatic carbocycles. The van der Waals surface area contributed by atoms with E-state index < -0.39 is 54.5 Å². The summed E-state index contributed by atoms with van der Waals surface area (Å²) in [4.78, 5) is 36.3. The molecule has 6 atom stereocenters. The zero-order valence-corrected chi connectivity index (χ0v) is 19.7. The molecule has 0 unspecified atom stereocenters. The number of phosphoric acid groups is 1. The topological polar surface area (TPSA) is 144 Å². The number of alkyl halides is 1. The van der Waals surface area contributed by atoms with Gasteiger partial charge in [0.1, 0.15) is 17.1 Å². The number of phosphoric ester groups is 1. The smallest absolute Gasteiger partial charge is 0.461 e. The van der Waals surface area contributed by atoms with E-state index in [0.29, 0.717) is 0 Å². The van der Waals surface area contributed by atoms with Gasteiger partial charge in [0.05, 0.1) is 19.3 Å². The number of methoxy groups -OCH3 is 1. The summed E-state index contributed by atoms with van der Waals surface area (Å²) < 4.78 is 46.3. The van der Waals surface area contributed by atoms with Crippen molar-refractivity contribution in [1.29, 1.82) is 0 Å². The molecule has 12 nitrogen and oxygen atoms in total. The van der Waals surface area contributed by atoms with Gasteiger partial charge in [-0.25, -0.2) is 14.2 Å². The fraction of sp³-hybridized carbons (Fsp3) is 0.722. The molecule has 1 N–H and O–H groups in total. The van der Waals surface area contributed by atoms with E-state index in [1.165, 1.54) is 13.3 Å². The van der Waals surface area contributed by atoms with Gasteiger partial charge < -0.3 is 14.2 Å². The van der Waals surface area contributed by atoms with E-state index >= 15 is 0 Å². The van der Waals surface area contributed by atoms with E-state index in [4.69, 9.17) is 39.4 Å². The second kappa shape index (κ2) is 9.76. The standard InChI is InChI=1S/C18H26ClN2O10P/c1-10(2)29-15(23)11(26-4)6-8-27-32(25)28-9-12-14(31-32)18(3,19)16(30-12)21-7-5-13(22)20-17(21)24/h5,7,10-12,14,16H,6,8-9H2,1-4H3,(H,20,22,24)/t11-,12-,14-,16-,18-,32-/m1/s1. The minimum absolute atomic E-state index is 0.0525. The predicted octanol–water partition coefficient (Wildman–Crippen LogP) is 1.33. The van der Waals surface area contributed by atoms with Crippen molar-refractivity contribution in [3.05, 3.63) is 33.1 Å². The van der Waals surface area contributed by atoms with Gasteiger partial charge in [-0.15, -0.1) is 11.6 Å². The Bertz CT molecular complexity index is 992. The summed E-state index contributed by atoms with van der Waals surface area (Å²) in [5.41, 5.74) is -1.28. The Morgan fingerprint density at radius 3 is 2.78 bits per heavy atom. The molecule has 2 fully saturated rings. The number of carbonyl (C=O) groups is 1. The summed E-state index contributed by atoms with van der Waals surface area (Å²) in [5.74, 6) is -0.568. The molecule has 2 saturated heterocycles. The normalized spacial score (nSPS) is 33.1. The molecule has 14 heteroatoms. The lowest BCUT2D eigenvalue weighted by atomic mass is 10.0. The van der Waals surface area contributed by atoms with E-state index in [1.807, 2.05) is 0 Å². The van der Waals surface area contributed by atoms with E-state index in [-0.39, 0.29) is 25.7 Å². The molecular formula is C18H26ClN2O10P. The van der Waals surface area contributed by atoms with Crippen LogP contribution in [-0.2, 0) is 37.1 Å². The van der Waals surface area contributed by atoms with Gasteiger partial charge in [-0.05, 0) is 20.8 Å². The lowest BCUT2D eigenvalue weighted by molar-refractivity contribution is -0.160. The molecule has 1 aromatic heterocycles. The Hall–Kier alpha value is -1.53. The molecule has 0 saturated carbocycles. The van der Waals surface area contributed by atoms with Gasteiger partial charge in [-0.1, -0.05) is 0 Å². The highest BCUT2D eigenvalue weighted by molar-refractivity contribution is 7.48. The lowest BCUT2D eigenvalue weighted by Gasteiger charge is -2.34. The van der Waals surface area contributed by atoms with Crippen molar-refractivity contribution in [3.63, 3.8) is 0 Å². The van der Waals surface area contributed by atoms with Crippen molar-refractivity contribution in [2.24, 2.45) is 0 Å². The third-order valence-corrected chi connectivity index (χ3v) is 6.80. The Kier molecular flexibility index (Phi) is 7.66. The highest BCUT2D eigenvalue weighted by Crippen LogP contribution is 2.60. The van der Waals surface area contributed by atoms with E-state index in [2.05, 4.69) is 4.98 Å². The number of nitrogens with zero attached hydrogens (tertiary/aromatic N) is 1. The van der Waals surface area contributed by atoms with Crippen molar-refractivity contribution in [2.75, 3.05) is 20.3 Å². The number of fused-ring (bicyclic) bond motifs is 1. The number of hydrogen-bond donors (Lipinski definition) is 1. The van der Waals surface area contributed by atoms with Gasteiger partial charge in [0.2, 0.25) is 0 Å². The highest BCUT2D eigenvalue weighted by atomic mass is 35.5. The van der Waals surface area contributed by atoms with Crippen molar-refractivity contribution in [2.45, 2.75) is 62.7 Å². The van der Waals surface area contributed by atoms with Crippen molar-refractivity contribution < 1.29 is 37.1 Å². The van der Waals surface area contributed by atoms with Crippen LogP contribution in [0.5, 0.6) is 0 Å². The third-order valence-electron chi connectivity index (χ3n) is 4.95. The summed E-state index contributed by atoms with van der Waals surface area (Å²) in [5, 5.41) is 0. The Labute approximate surface area is 188 Å². The average molecular weight is 497 g/mol. The van der Waals surface area contributed by atoms with Crippen LogP contribution in [0.1, 0.15) is 33.4 Å². The number of nitrogens with one attached hydrogen (secondary N) is 1. The molecule has 32 heavy (non-hydrogen) atoms. The summed E-state index contributed by atoms with van der Waals surface area (Å²) in [6, 6.07) is 1.15. The maximum atomic E-state index is 13.0. The molecule has 0 bridgehead atoms. The second-order valence-corrected chi connectivity index (χ2v) is 10.2. The minimum atomic E-state index is -4.04. The van der Waals surface area contributed by atoms with Crippen LogP contribution in [0, 0.1) is 0 Å². The van der Waals surface area contributed by atoms with Crippen LogP contribution in [0.2, 0.25) is 0 Å². The number of halogens is 1. The average Bonchev–Trinajstić information content (AvgIpc) is 2.95. The minimum Gasteiger partial charge on any atom is -0.461 e. The lowest BCUT2D eigenvalue weighted by Crippen LogP contribution is -2.45. The van der Waals surface area contributed by atoms with Gasteiger partial charge >= 0.3 is 19.5 Å². The number of esters is 1. The molecule has 0 radical (unpaired) electrons. The summed E-state index contributed by atoms with van der Waals surface area (Å²) in [6.07, 6.45) is -2.63. The van der Waals surface area contributed by atoms with Gasteiger partial charge in [0.15, 0.2) is 12.3 Å². The molecule has 3 heterocycles. The van der Waals surface area contributed by atoms with Gasteiger partial charge in [-0.3, -0.25) is 27.9 Å². The number of aromatic nitrogens is 2. The first kappa shape index (κ1) is 25.1. The summed E-state index contributed by atoms with van der Waals surface area (Å²) in [6.45, 7) is 4.63. The molecule has 2 aliphatic rings. The second-order valence-electron chi connectivity index (χ2n) is 7.80. The zero-order chi connectivity index (χ0) is 23.7. The molecule has 3 rings (SSSR count). The highest BCUT2D eigenvalue weighted by Gasteiger charge is 2.60. The molecule has 0 aliphatic carbocycles. The summed E-state index contributed by atoms with van der Waals surface area (Å²) in [7, 11) is -2.70. The number of carbonyl (C=O) groups excluding carboxylic acids is 1. The van der Waals surface area contributed by atoms with Crippen LogP contribution in [0.15, 0.2) is 21.9 Å². The number of aromatic amines is 1. The quantitative estimate of drug-likeness (QED) is 0.318. The van der Waals surface area contributed by atoms with Crippen LogP contribution >= 0.6 is 19.4 Å². The van der Waals surface area contributed by atoms with Crippen LogP contribution in [-0.4, -0.2) is 65.1 Å². The number of H-pyrrole nitrogens is 1.